The standard InChI is InChI=1S/C8H11NOS/c1-10-8-7(9)5-3-2-4-6(5)11-8/h2-4,9H2,1H3. The third-order valence-corrected chi connectivity index (χ3v) is 3.38. The van der Waals surface area contributed by atoms with Gasteiger partial charge < -0.3 is 10.5 Å². The van der Waals surface area contributed by atoms with Crippen molar-refractivity contribution in [2.45, 2.75) is 19.3 Å². The number of methoxy groups -OCH3 is 1. The quantitative estimate of drug-likeness (QED) is 0.696. The Morgan fingerprint density at radius 2 is 2.27 bits per heavy atom. The topological polar surface area (TPSA) is 35.2 Å². The molecule has 11 heavy (non-hydrogen) atoms. The molecule has 1 aromatic heterocycles. The second-order valence-corrected chi connectivity index (χ2v) is 3.83. The van der Waals surface area contributed by atoms with Crippen LogP contribution in [-0.2, 0) is 12.8 Å². The van der Waals surface area contributed by atoms with E-state index in [0.717, 1.165) is 17.2 Å². The summed E-state index contributed by atoms with van der Waals surface area (Å²) in [6.45, 7) is 0. The highest BCUT2D eigenvalue weighted by Crippen LogP contribution is 2.42. The van der Waals surface area contributed by atoms with Crippen LogP contribution in [0.1, 0.15) is 16.9 Å². The Balaban J connectivity index is 2.49. The van der Waals surface area contributed by atoms with Gasteiger partial charge in [-0.1, -0.05) is 0 Å². The molecule has 0 saturated carbocycles. The van der Waals surface area contributed by atoms with Crippen molar-refractivity contribution in [1.82, 2.24) is 0 Å². The van der Waals surface area contributed by atoms with Gasteiger partial charge in [-0.05, 0) is 24.8 Å². The fraction of sp³-hybridized carbons (Fsp3) is 0.500. The van der Waals surface area contributed by atoms with E-state index in [1.807, 2.05) is 0 Å². The Morgan fingerprint density at radius 1 is 1.45 bits per heavy atom. The molecule has 1 aliphatic rings. The summed E-state index contributed by atoms with van der Waals surface area (Å²) in [5, 5.41) is 0.898. The Hall–Kier alpha value is -0.700. The SMILES string of the molecule is COc1sc2c(c1N)CCC2. The fourth-order valence-corrected chi connectivity index (χ4v) is 2.68. The Labute approximate surface area is 70.0 Å². The zero-order chi connectivity index (χ0) is 7.84. The minimum Gasteiger partial charge on any atom is -0.486 e. The van der Waals surface area contributed by atoms with Crippen molar-refractivity contribution in [3.05, 3.63) is 10.4 Å². The monoisotopic (exact) mass is 169 g/mol. The molecule has 1 aromatic rings. The van der Waals surface area contributed by atoms with Crippen LogP contribution in [-0.4, -0.2) is 7.11 Å². The van der Waals surface area contributed by atoms with Crippen LogP contribution in [0.15, 0.2) is 0 Å². The number of fused-ring (bicyclic) bond motifs is 1. The molecule has 0 radical (unpaired) electrons. The van der Waals surface area contributed by atoms with Crippen LogP contribution in [0.3, 0.4) is 0 Å². The van der Waals surface area contributed by atoms with Gasteiger partial charge in [-0.3, -0.25) is 0 Å². The average Bonchev–Trinajstić information content (AvgIpc) is 2.53. The minimum absolute atomic E-state index is 0.880. The van der Waals surface area contributed by atoms with E-state index in [1.165, 1.54) is 23.3 Å². The number of hydrogen-bond acceptors (Lipinski definition) is 3. The van der Waals surface area contributed by atoms with E-state index in [9.17, 15) is 0 Å². The van der Waals surface area contributed by atoms with E-state index < -0.39 is 0 Å². The lowest BCUT2D eigenvalue weighted by Crippen LogP contribution is -1.90. The fourth-order valence-electron chi connectivity index (χ4n) is 1.56. The lowest BCUT2D eigenvalue weighted by molar-refractivity contribution is 0.429. The molecule has 0 aliphatic heterocycles. The summed E-state index contributed by atoms with van der Waals surface area (Å²) >= 11 is 1.70. The number of ether oxygens (including phenoxy) is 1. The molecule has 2 N–H and O–H groups in total. The average molecular weight is 169 g/mol. The first-order valence-corrected chi connectivity index (χ1v) is 4.58. The maximum absolute atomic E-state index is 5.85. The minimum atomic E-state index is 0.880. The predicted octanol–water partition coefficient (Wildman–Crippen LogP) is 1.83. The summed E-state index contributed by atoms with van der Waals surface area (Å²) in [4.78, 5) is 1.43. The van der Waals surface area contributed by atoms with Crippen molar-refractivity contribution in [2.24, 2.45) is 0 Å². The number of aryl methyl sites for hydroxylation is 1. The van der Waals surface area contributed by atoms with Crippen LogP contribution in [0.25, 0.3) is 0 Å². The van der Waals surface area contributed by atoms with Crippen molar-refractivity contribution in [3.8, 4) is 5.06 Å². The molecule has 0 unspecified atom stereocenters. The second-order valence-electron chi connectivity index (χ2n) is 2.76. The highest BCUT2D eigenvalue weighted by atomic mass is 32.1. The second kappa shape index (κ2) is 2.41. The van der Waals surface area contributed by atoms with Gasteiger partial charge in [0.2, 0.25) is 0 Å². The molecule has 1 heterocycles. The normalized spacial score (nSPS) is 15.0. The summed E-state index contributed by atoms with van der Waals surface area (Å²) in [5.41, 5.74) is 8.07. The Morgan fingerprint density at radius 3 is 2.91 bits per heavy atom. The van der Waals surface area contributed by atoms with Crippen LogP contribution >= 0.6 is 11.3 Å². The van der Waals surface area contributed by atoms with E-state index in [-0.39, 0.29) is 0 Å². The number of hydrogen-bond donors (Lipinski definition) is 1. The van der Waals surface area contributed by atoms with Gasteiger partial charge in [0, 0.05) is 4.88 Å². The number of nitrogen functional groups attached to an aromatic ring is 1. The van der Waals surface area contributed by atoms with Gasteiger partial charge in [-0.25, -0.2) is 0 Å². The van der Waals surface area contributed by atoms with Gasteiger partial charge in [0.1, 0.15) is 0 Å². The zero-order valence-corrected chi connectivity index (χ0v) is 7.33. The molecule has 0 spiro atoms. The zero-order valence-electron chi connectivity index (χ0n) is 6.52. The molecular weight excluding hydrogens is 158 g/mol. The molecule has 0 aromatic carbocycles. The molecule has 60 valence electrons. The summed E-state index contributed by atoms with van der Waals surface area (Å²) in [5.74, 6) is 0. The summed E-state index contributed by atoms with van der Waals surface area (Å²) in [6.07, 6.45) is 3.59. The maximum atomic E-state index is 5.85. The number of nitrogens with two attached hydrogens (primary N) is 1. The summed E-state index contributed by atoms with van der Waals surface area (Å²) in [6, 6.07) is 0. The lowest BCUT2D eigenvalue weighted by atomic mass is 10.2. The van der Waals surface area contributed by atoms with Crippen LogP contribution in [0.4, 0.5) is 5.69 Å². The van der Waals surface area contributed by atoms with E-state index >= 15 is 0 Å². The Kier molecular flexibility index (Phi) is 1.53. The van der Waals surface area contributed by atoms with E-state index in [4.69, 9.17) is 10.5 Å². The van der Waals surface area contributed by atoms with Crippen molar-refractivity contribution in [3.63, 3.8) is 0 Å². The van der Waals surface area contributed by atoms with Gasteiger partial charge >= 0.3 is 0 Å². The van der Waals surface area contributed by atoms with Crippen LogP contribution < -0.4 is 10.5 Å². The molecule has 1 aliphatic carbocycles. The van der Waals surface area contributed by atoms with E-state index in [2.05, 4.69) is 0 Å². The number of thiophene rings is 1. The van der Waals surface area contributed by atoms with Crippen molar-refractivity contribution < 1.29 is 4.74 Å². The van der Waals surface area contributed by atoms with Gasteiger partial charge in [-0.2, -0.15) is 0 Å². The first-order chi connectivity index (χ1) is 5.33. The van der Waals surface area contributed by atoms with Gasteiger partial charge in [0.25, 0.3) is 0 Å². The highest BCUT2D eigenvalue weighted by Gasteiger charge is 2.20. The van der Waals surface area contributed by atoms with Crippen LogP contribution in [0.5, 0.6) is 5.06 Å². The van der Waals surface area contributed by atoms with Crippen molar-refractivity contribution >= 4 is 17.0 Å². The molecule has 2 rings (SSSR count). The molecule has 0 amide bonds. The number of anilines is 1. The Bertz CT molecular complexity index is 279. The van der Waals surface area contributed by atoms with E-state index in [1.54, 1.807) is 18.4 Å². The summed E-state index contributed by atoms with van der Waals surface area (Å²) in [7, 11) is 1.68. The predicted molar refractivity (Wildman–Crippen MR) is 47.3 cm³/mol. The molecule has 0 saturated heterocycles. The lowest BCUT2D eigenvalue weighted by Gasteiger charge is -1.96. The molecule has 0 bridgehead atoms. The molecule has 0 atom stereocenters. The molecule has 3 heteroatoms. The van der Waals surface area contributed by atoms with Crippen LogP contribution in [0, 0.1) is 0 Å². The molecule has 2 nitrogen and oxygen atoms in total. The summed E-state index contributed by atoms with van der Waals surface area (Å²) < 4.78 is 5.14. The van der Waals surface area contributed by atoms with Gasteiger partial charge in [0.15, 0.2) is 5.06 Å². The largest absolute Gasteiger partial charge is 0.486 e. The first kappa shape index (κ1) is 6.98. The maximum Gasteiger partial charge on any atom is 0.197 e. The van der Waals surface area contributed by atoms with Crippen LogP contribution in [0.2, 0.25) is 0 Å². The third-order valence-electron chi connectivity index (χ3n) is 2.11. The van der Waals surface area contributed by atoms with Gasteiger partial charge in [0.05, 0.1) is 12.8 Å². The highest BCUT2D eigenvalue weighted by molar-refractivity contribution is 7.14. The first-order valence-electron chi connectivity index (χ1n) is 3.77. The molecular formula is C8H11NOS. The van der Waals surface area contributed by atoms with Gasteiger partial charge in [-0.15, -0.1) is 11.3 Å². The van der Waals surface area contributed by atoms with Crippen molar-refractivity contribution in [2.75, 3.05) is 12.8 Å². The molecule has 0 fully saturated rings. The third kappa shape index (κ3) is 0.913. The number of rotatable bonds is 1. The van der Waals surface area contributed by atoms with E-state index in [0.29, 0.717) is 0 Å². The smallest absolute Gasteiger partial charge is 0.197 e. The van der Waals surface area contributed by atoms with Crippen molar-refractivity contribution in [1.29, 1.82) is 0 Å².